The number of amides is 1. The van der Waals surface area contributed by atoms with Crippen molar-refractivity contribution in [3.63, 3.8) is 0 Å². The van der Waals surface area contributed by atoms with Gasteiger partial charge in [-0.15, -0.1) is 11.3 Å². The van der Waals surface area contributed by atoms with Gasteiger partial charge in [0, 0.05) is 18.0 Å². The largest absolute Gasteiger partial charge is 0.338 e. The van der Waals surface area contributed by atoms with Crippen molar-refractivity contribution < 1.29 is 13.2 Å². The Morgan fingerprint density at radius 3 is 2.92 bits per heavy atom. The predicted octanol–water partition coefficient (Wildman–Crippen LogP) is 2.46. The average Bonchev–Trinajstić information content (AvgIpc) is 3.16. The monoisotopic (exact) mass is 399 g/mol. The standard InChI is InChI=1S/C16H21N3O3S3/c1-11(2)7-19(12-4-6-25(21,22)9-12)14(20)8-24-16-13-3-5-23-15(13)17-10-18-16/h3,5,10-12H,4,6-9H2,1-2H3/t12-/m0/s1. The Morgan fingerprint density at radius 1 is 1.44 bits per heavy atom. The van der Waals surface area contributed by atoms with E-state index < -0.39 is 9.84 Å². The summed E-state index contributed by atoms with van der Waals surface area (Å²) in [6, 6.07) is 1.76. The van der Waals surface area contributed by atoms with Crippen molar-refractivity contribution in [1.82, 2.24) is 14.9 Å². The highest BCUT2D eigenvalue weighted by Crippen LogP contribution is 2.28. The Hall–Kier alpha value is -1.19. The number of carbonyl (C=O) groups excluding carboxylic acids is 1. The van der Waals surface area contributed by atoms with Gasteiger partial charge in [-0.3, -0.25) is 4.79 Å². The number of aromatic nitrogens is 2. The first kappa shape index (κ1) is 18.6. The average molecular weight is 400 g/mol. The van der Waals surface area contributed by atoms with Gasteiger partial charge in [0.05, 0.1) is 17.3 Å². The molecule has 2 aromatic heterocycles. The molecule has 0 spiro atoms. The molecule has 1 aliphatic rings. The van der Waals surface area contributed by atoms with E-state index in [1.807, 2.05) is 25.3 Å². The van der Waals surface area contributed by atoms with Gasteiger partial charge in [0.1, 0.15) is 16.2 Å². The summed E-state index contributed by atoms with van der Waals surface area (Å²) < 4.78 is 23.6. The molecule has 6 nitrogen and oxygen atoms in total. The first-order chi connectivity index (χ1) is 11.9. The van der Waals surface area contributed by atoms with E-state index in [2.05, 4.69) is 9.97 Å². The van der Waals surface area contributed by atoms with E-state index in [1.165, 1.54) is 18.1 Å². The van der Waals surface area contributed by atoms with Gasteiger partial charge in [0.25, 0.3) is 0 Å². The molecule has 1 fully saturated rings. The highest BCUT2D eigenvalue weighted by atomic mass is 32.2. The number of carbonyl (C=O) groups is 1. The fourth-order valence-electron chi connectivity index (χ4n) is 2.96. The van der Waals surface area contributed by atoms with Gasteiger partial charge in [-0.25, -0.2) is 18.4 Å². The van der Waals surface area contributed by atoms with E-state index in [9.17, 15) is 13.2 Å². The van der Waals surface area contributed by atoms with Crippen LogP contribution in [-0.4, -0.2) is 59.0 Å². The Labute approximate surface area is 156 Å². The second kappa shape index (κ2) is 7.59. The van der Waals surface area contributed by atoms with Crippen molar-refractivity contribution in [2.45, 2.75) is 31.3 Å². The summed E-state index contributed by atoms with van der Waals surface area (Å²) in [4.78, 5) is 24.0. The molecule has 25 heavy (non-hydrogen) atoms. The van der Waals surface area contributed by atoms with Crippen LogP contribution in [-0.2, 0) is 14.6 Å². The van der Waals surface area contributed by atoms with Crippen molar-refractivity contribution in [2.24, 2.45) is 5.92 Å². The fraction of sp³-hybridized carbons (Fsp3) is 0.562. The van der Waals surface area contributed by atoms with E-state index in [0.717, 1.165) is 15.2 Å². The Balaban J connectivity index is 1.71. The molecule has 3 heterocycles. The Morgan fingerprint density at radius 2 is 2.24 bits per heavy atom. The molecule has 1 saturated heterocycles. The molecule has 0 saturated carbocycles. The molecule has 0 N–H and O–H groups in total. The normalized spacial score (nSPS) is 19.6. The van der Waals surface area contributed by atoms with Crippen LogP contribution < -0.4 is 0 Å². The molecule has 0 bridgehead atoms. The highest BCUT2D eigenvalue weighted by molar-refractivity contribution is 8.00. The Kier molecular flexibility index (Phi) is 5.65. The van der Waals surface area contributed by atoms with Crippen LogP contribution in [0.2, 0.25) is 0 Å². The zero-order valence-electron chi connectivity index (χ0n) is 14.2. The molecule has 1 amide bonds. The predicted molar refractivity (Wildman–Crippen MR) is 102 cm³/mol. The van der Waals surface area contributed by atoms with E-state index in [1.54, 1.807) is 16.2 Å². The molecular formula is C16H21N3O3S3. The summed E-state index contributed by atoms with van der Waals surface area (Å²) in [5.74, 6) is 0.778. The van der Waals surface area contributed by atoms with Crippen LogP contribution in [0.5, 0.6) is 0 Å². The van der Waals surface area contributed by atoms with Crippen LogP contribution >= 0.6 is 23.1 Å². The maximum absolute atomic E-state index is 12.8. The first-order valence-corrected chi connectivity index (χ1v) is 11.9. The molecule has 136 valence electrons. The number of rotatable bonds is 6. The van der Waals surface area contributed by atoms with Gasteiger partial charge in [-0.1, -0.05) is 25.6 Å². The first-order valence-electron chi connectivity index (χ1n) is 8.16. The van der Waals surface area contributed by atoms with Crippen LogP contribution in [0.15, 0.2) is 22.8 Å². The lowest BCUT2D eigenvalue weighted by Gasteiger charge is -2.29. The molecule has 0 aromatic carbocycles. The maximum atomic E-state index is 12.8. The summed E-state index contributed by atoms with van der Waals surface area (Å²) in [5, 5.41) is 3.71. The summed E-state index contributed by atoms with van der Waals surface area (Å²) in [7, 11) is -3.02. The molecule has 9 heteroatoms. The molecule has 3 rings (SSSR count). The molecular weight excluding hydrogens is 378 g/mol. The number of hydrogen-bond acceptors (Lipinski definition) is 7. The van der Waals surface area contributed by atoms with Crippen LogP contribution in [0.25, 0.3) is 10.2 Å². The van der Waals surface area contributed by atoms with E-state index in [-0.39, 0.29) is 29.2 Å². The summed E-state index contributed by atoms with van der Waals surface area (Å²) >= 11 is 2.94. The van der Waals surface area contributed by atoms with Gasteiger partial charge in [-0.2, -0.15) is 0 Å². The van der Waals surface area contributed by atoms with Crippen molar-refractivity contribution >= 4 is 49.1 Å². The van der Waals surface area contributed by atoms with Gasteiger partial charge in [0.2, 0.25) is 5.91 Å². The Bertz CT molecular complexity index is 864. The van der Waals surface area contributed by atoms with Gasteiger partial charge >= 0.3 is 0 Å². The zero-order chi connectivity index (χ0) is 18.0. The summed E-state index contributed by atoms with van der Waals surface area (Å²) in [6.45, 7) is 4.66. The second-order valence-corrected chi connectivity index (χ2v) is 10.7. The highest BCUT2D eigenvalue weighted by Gasteiger charge is 2.34. The van der Waals surface area contributed by atoms with Crippen molar-refractivity contribution in [2.75, 3.05) is 23.8 Å². The van der Waals surface area contributed by atoms with Crippen LogP contribution in [0.4, 0.5) is 0 Å². The topological polar surface area (TPSA) is 80.2 Å². The number of sulfone groups is 1. The second-order valence-electron chi connectivity index (χ2n) is 6.60. The third-order valence-corrected chi connectivity index (χ3v) is 7.65. The number of hydrogen-bond donors (Lipinski definition) is 0. The van der Waals surface area contributed by atoms with Gasteiger partial charge in [-0.05, 0) is 23.8 Å². The minimum Gasteiger partial charge on any atom is -0.338 e. The van der Waals surface area contributed by atoms with Crippen LogP contribution in [0.1, 0.15) is 20.3 Å². The van der Waals surface area contributed by atoms with E-state index >= 15 is 0 Å². The van der Waals surface area contributed by atoms with Crippen molar-refractivity contribution in [1.29, 1.82) is 0 Å². The summed E-state index contributed by atoms with van der Waals surface area (Å²) in [5.41, 5.74) is 0. The SMILES string of the molecule is CC(C)CN(C(=O)CSc1ncnc2sccc12)[C@H]1CCS(=O)(=O)C1. The van der Waals surface area contributed by atoms with E-state index in [0.29, 0.717) is 18.9 Å². The third kappa shape index (κ3) is 4.51. The lowest BCUT2D eigenvalue weighted by molar-refractivity contribution is -0.130. The molecule has 1 atom stereocenters. The molecule has 1 aliphatic heterocycles. The minimum atomic E-state index is -3.02. The molecule has 2 aromatic rings. The quantitative estimate of drug-likeness (QED) is 0.548. The lowest BCUT2D eigenvalue weighted by atomic mass is 10.1. The molecule has 0 unspecified atom stereocenters. The van der Waals surface area contributed by atoms with Crippen molar-refractivity contribution in [3.8, 4) is 0 Å². The molecule has 0 aliphatic carbocycles. The molecule has 0 radical (unpaired) electrons. The number of thiophene rings is 1. The van der Waals surface area contributed by atoms with Gasteiger partial charge < -0.3 is 4.90 Å². The minimum absolute atomic E-state index is 0.0252. The van der Waals surface area contributed by atoms with Crippen LogP contribution in [0, 0.1) is 5.92 Å². The summed E-state index contributed by atoms with van der Waals surface area (Å²) in [6.07, 6.45) is 2.05. The van der Waals surface area contributed by atoms with E-state index in [4.69, 9.17) is 0 Å². The number of thioether (sulfide) groups is 1. The zero-order valence-corrected chi connectivity index (χ0v) is 16.7. The number of nitrogens with zero attached hydrogens (tertiary/aromatic N) is 3. The van der Waals surface area contributed by atoms with Crippen LogP contribution in [0.3, 0.4) is 0 Å². The van der Waals surface area contributed by atoms with Gasteiger partial charge in [0.15, 0.2) is 9.84 Å². The third-order valence-electron chi connectivity index (χ3n) is 4.09. The number of fused-ring (bicyclic) bond motifs is 1. The fourth-order valence-corrected chi connectivity index (χ4v) is 6.36. The lowest BCUT2D eigenvalue weighted by Crippen LogP contribution is -2.44. The maximum Gasteiger partial charge on any atom is 0.233 e. The van der Waals surface area contributed by atoms with Crippen molar-refractivity contribution in [3.05, 3.63) is 17.8 Å². The smallest absolute Gasteiger partial charge is 0.233 e.